The van der Waals surface area contributed by atoms with Crippen molar-refractivity contribution in [3.05, 3.63) is 29.8 Å². The van der Waals surface area contributed by atoms with Crippen LogP contribution in [0.15, 0.2) is 24.3 Å². The SMILES string of the molecule is COc1cccc(CC(=O)N(C)C2COCC2C(=O)O)c1. The molecule has 1 aromatic rings. The normalized spacial score (nSPS) is 21.0. The van der Waals surface area contributed by atoms with E-state index < -0.39 is 17.9 Å². The van der Waals surface area contributed by atoms with Gasteiger partial charge in [-0.1, -0.05) is 12.1 Å². The van der Waals surface area contributed by atoms with Gasteiger partial charge in [-0.15, -0.1) is 0 Å². The highest BCUT2D eigenvalue weighted by atomic mass is 16.5. The number of ether oxygens (including phenoxy) is 2. The van der Waals surface area contributed by atoms with Crippen molar-refractivity contribution in [2.24, 2.45) is 5.92 Å². The van der Waals surface area contributed by atoms with Gasteiger partial charge in [0.1, 0.15) is 11.7 Å². The topological polar surface area (TPSA) is 76.1 Å². The van der Waals surface area contributed by atoms with Crippen LogP contribution in [0.4, 0.5) is 0 Å². The van der Waals surface area contributed by atoms with Crippen LogP contribution in [0, 0.1) is 5.92 Å². The van der Waals surface area contributed by atoms with Gasteiger partial charge in [0.2, 0.25) is 5.91 Å². The van der Waals surface area contributed by atoms with Crippen LogP contribution in [-0.4, -0.2) is 55.3 Å². The van der Waals surface area contributed by atoms with E-state index in [2.05, 4.69) is 0 Å². The van der Waals surface area contributed by atoms with E-state index in [0.717, 1.165) is 5.56 Å². The molecule has 1 aliphatic rings. The number of carbonyl (C=O) groups excluding carboxylic acids is 1. The third-order valence-corrected chi connectivity index (χ3v) is 3.75. The largest absolute Gasteiger partial charge is 0.497 e. The fraction of sp³-hybridized carbons (Fsp3) is 0.467. The van der Waals surface area contributed by atoms with Crippen molar-refractivity contribution in [1.82, 2.24) is 4.90 Å². The maximum Gasteiger partial charge on any atom is 0.311 e. The second-order valence-electron chi connectivity index (χ2n) is 5.08. The van der Waals surface area contributed by atoms with Crippen LogP contribution in [0.25, 0.3) is 0 Å². The maximum atomic E-state index is 12.3. The average Bonchev–Trinajstić information content (AvgIpc) is 2.96. The molecule has 0 bridgehead atoms. The number of likely N-dealkylation sites (N-methyl/N-ethyl adjacent to an activating group) is 1. The first-order chi connectivity index (χ1) is 10.0. The van der Waals surface area contributed by atoms with E-state index in [1.165, 1.54) is 4.90 Å². The van der Waals surface area contributed by atoms with E-state index in [0.29, 0.717) is 5.75 Å². The number of hydrogen-bond acceptors (Lipinski definition) is 4. The van der Waals surface area contributed by atoms with E-state index in [-0.39, 0.29) is 25.5 Å². The molecule has 6 heteroatoms. The van der Waals surface area contributed by atoms with Gasteiger partial charge in [0.15, 0.2) is 0 Å². The van der Waals surface area contributed by atoms with Crippen LogP contribution in [0.2, 0.25) is 0 Å². The number of methoxy groups -OCH3 is 1. The highest BCUT2D eigenvalue weighted by molar-refractivity contribution is 5.80. The van der Waals surface area contributed by atoms with Crippen molar-refractivity contribution in [2.75, 3.05) is 27.4 Å². The molecular formula is C15H19NO5. The molecule has 1 saturated heterocycles. The molecular weight excluding hydrogens is 274 g/mol. The fourth-order valence-electron chi connectivity index (χ4n) is 2.43. The standard InChI is InChI=1S/C15H19NO5/c1-16(13-9-21-8-12(13)15(18)19)14(17)7-10-4-3-5-11(6-10)20-2/h3-6,12-13H,7-9H2,1-2H3,(H,18,19). The van der Waals surface area contributed by atoms with Gasteiger partial charge in [0.05, 0.1) is 32.8 Å². The van der Waals surface area contributed by atoms with Crippen molar-refractivity contribution in [2.45, 2.75) is 12.5 Å². The summed E-state index contributed by atoms with van der Waals surface area (Å²) in [6, 6.07) is 6.85. The number of carboxylic acid groups (broad SMARTS) is 1. The van der Waals surface area contributed by atoms with Crippen LogP contribution in [-0.2, 0) is 20.7 Å². The molecule has 2 rings (SSSR count). The predicted molar refractivity (Wildman–Crippen MR) is 75.2 cm³/mol. The summed E-state index contributed by atoms with van der Waals surface area (Å²) >= 11 is 0. The first-order valence-corrected chi connectivity index (χ1v) is 6.72. The number of carboxylic acids is 1. The summed E-state index contributed by atoms with van der Waals surface area (Å²) in [5, 5.41) is 9.14. The number of amides is 1. The Kier molecular flexibility index (Phi) is 4.80. The molecule has 1 heterocycles. The van der Waals surface area contributed by atoms with Crippen molar-refractivity contribution in [3.8, 4) is 5.75 Å². The second-order valence-corrected chi connectivity index (χ2v) is 5.08. The minimum Gasteiger partial charge on any atom is -0.497 e. The molecule has 1 N–H and O–H groups in total. The van der Waals surface area contributed by atoms with E-state index in [4.69, 9.17) is 14.6 Å². The maximum absolute atomic E-state index is 12.3. The molecule has 2 atom stereocenters. The van der Waals surface area contributed by atoms with Gasteiger partial charge in [-0.3, -0.25) is 9.59 Å². The molecule has 0 spiro atoms. The van der Waals surface area contributed by atoms with Crippen molar-refractivity contribution < 1.29 is 24.2 Å². The lowest BCUT2D eigenvalue weighted by atomic mass is 10.0. The number of rotatable bonds is 5. The van der Waals surface area contributed by atoms with E-state index >= 15 is 0 Å². The smallest absolute Gasteiger partial charge is 0.311 e. The monoisotopic (exact) mass is 293 g/mol. The van der Waals surface area contributed by atoms with E-state index in [1.54, 1.807) is 20.2 Å². The molecule has 114 valence electrons. The molecule has 2 unspecified atom stereocenters. The third kappa shape index (κ3) is 3.52. The molecule has 1 amide bonds. The zero-order chi connectivity index (χ0) is 15.4. The number of nitrogens with zero attached hydrogens (tertiary/aromatic N) is 1. The summed E-state index contributed by atoms with van der Waals surface area (Å²) in [7, 11) is 3.19. The molecule has 0 saturated carbocycles. The van der Waals surface area contributed by atoms with Crippen LogP contribution in [0.5, 0.6) is 5.75 Å². The van der Waals surface area contributed by atoms with Crippen molar-refractivity contribution >= 4 is 11.9 Å². The Balaban J connectivity index is 2.03. The Hall–Kier alpha value is -2.08. The van der Waals surface area contributed by atoms with Crippen LogP contribution >= 0.6 is 0 Å². The lowest BCUT2D eigenvalue weighted by Crippen LogP contribution is -2.44. The second kappa shape index (κ2) is 6.58. The lowest BCUT2D eigenvalue weighted by Gasteiger charge is -2.26. The zero-order valence-corrected chi connectivity index (χ0v) is 12.1. The Bertz CT molecular complexity index is 531. The van der Waals surface area contributed by atoms with Gasteiger partial charge < -0.3 is 19.5 Å². The summed E-state index contributed by atoms with van der Waals surface area (Å²) < 4.78 is 10.3. The van der Waals surface area contributed by atoms with Crippen molar-refractivity contribution in [1.29, 1.82) is 0 Å². The van der Waals surface area contributed by atoms with Gasteiger partial charge in [-0.2, -0.15) is 0 Å². The Morgan fingerprint density at radius 1 is 1.43 bits per heavy atom. The number of hydrogen-bond donors (Lipinski definition) is 1. The minimum absolute atomic E-state index is 0.134. The van der Waals surface area contributed by atoms with Gasteiger partial charge >= 0.3 is 5.97 Å². The van der Waals surface area contributed by atoms with Crippen molar-refractivity contribution in [3.63, 3.8) is 0 Å². The predicted octanol–water partition coefficient (Wildman–Crippen LogP) is 0.796. The summed E-state index contributed by atoms with van der Waals surface area (Å²) in [4.78, 5) is 24.9. The first kappa shape index (κ1) is 15.3. The minimum atomic E-state index is -0.932. The molecule has 1 aromatic carbocycles. The summed E-state index contributed by atoms with van der Waals surface area (Å²) in [6.07, 6.45) is 0.205. The molecule has 6 nitrogen and oxygen atoms in total. The molecule has 0 aliphatic carbocycles. The molecule has 21 heavy (non-hydrogen) atoms. The van der Waals surface area contributed by atoms with Gasteiger partial charge in [0, 0.05) is 7.05 Å². The molecule has 0 aromatic heterocycles. The lowest BCUT2D eigenvalue weighted by molar-refractivity contribution is -0.144. The molecule has 1 fully saturated rings. The van der Waals surface area contributed by atoms with E-state index in [9.17, 15) is 9.59 Å². The number of aliphatic carboxylic acids is 1. The number of carbonyl (C=O) groups is 2. The molecule has 1 aliphatic heterocycles. The molecule has 0 radical (unpaired) electrons. The summed E-state index contributed by atoms with van der Waals surface area (Å²) in [5.74, 6) is -1.04. The van der Waals surface area contributed by atoms with Crippen LogP contribution in [0.3, 0.4) is 0 Å². The first-order valence-electron chi connectivity index (χ1n) is 6.72. The Morgan fingerprint density at radius 2 is 2.19 bits per heavy atom. The Labute approximate surface area is 123 Å². The van der Waals surface area contributed by atoms with Gasteiger partial charge in [-0.05, 0) is 17.7 Å². The quantitative estimate of drug-likeness (QED) is 0.869. The average molecular weight is 293 g/mol. The van der Waals surface area contributed by atoms with Gasteiger partial charge in [0.25, 0.3) is 0 Å². The summed E-state index contributed by atoms with van der Waals surface area (Å²) in [6.45, 7) is 0.411. The highest BCUT2D eigenvalue weighted by Crippen LogP contribution is 2.20. The fourth-order valence-corrected chi connectivity index (χ4v) is 2.43. The number of benzene rings is 1. The van der Waals surface area contributed by atoms with Gasteiger partial charge in [-0.25, -0.2) is 0 Å². The Morgan fingerprint density at radius 3 is 2.86 bits per heavy atom. The highest BCUT2D eigenvalue weighted by Gasteiger charge is 2.38. The van der Waals surface area contributed by atoms with Crippen LogP contribution < -0.4 is 4.74 Å². The summed E-state index contributed by atoms with van der Waals surface area (Å²) in [5.41, 5.74) is 0.831. The van der Waals surface area contributed by atoms with Crippen LogP contribution in [0.1, 0.15) is 5.56 Å². The zero-order valence-electron chi connectivity index (χ0n) is 12.1. The van der Waals surface area contributed by atoms with E-state index in [1.807, 2.05) is 18.2 Å². The third-order valence-electron chi connectivity index (χ3n) is 3.75.